The van der Waals surface area contributed by atoms with E-state index in [9.17, 15) is 4.79 Å². The fourth-order valence-electron chi connectivity index (χ4n) is 1.33. The lowest BCUT2D eigenvalue weighted by Crippen LogP contribution is -2.23. The first kappa shape index (κ1) is 13.7. The molecule has 0 bridgehead atoms. The first-order chi connectivity index (χ1) is 8.08. The molecule has 1 aromatic rings. The van der Waals surface area contributed by atoms with Crippen molar-refractivity contribution in [2.75, 3.05) is 39.2 Å². The standard InChI is InChI=1S/C13H20N2O2/c1-11-5-4-6-12(9-11)14-13(16)10-17-8-7-15(2)3/h4-6,9H,7-8,10H2,1-3H3,(H,14,16). The number of carbonyl (C=O) groups excluding carboxylic acids is 1. The molecule has 0 spiro atoms. The first-order valence-electron chi connectivity index (χ1n) is 5.67. The molecular formula is C13H20N2O2. The van der Waals surface area contributed by atoms with Gasteiger partial charge >= 0.3 is 0 Å². The summed E-state index contributed by atoms with van der Waals surface area (Å²) in [7, 11) is 3.94. The highest BCUT2D eigenvalue weighted by atomic mass is 16.5. The summed E-state index contributed by atoms with van der Waals surface area (Å²) >= 11 is 0. The number of aryl methyl sites for hydroxylation is 1. The van der Waals surface area contributed by atoms with Crippen molar-refractivity contribution in [1.29, 1.82) is 0 Å². The van der Waals surface area contributed by atoms with Crippen molar-refractivity contribution in [2.45, 2.75) is 6.92 Å². The molecule has 1 amide bonds. The van der Waals surface area contributed by atoms with Gasteiger partial charge in [0, 0.05) is 12.2 Å². The van der Waals surface area contributed by atoms with Crippen molar-refractivity contribution in [2.24, 2.45) is 0 Å². The summed E-state index contributed by atoms with van der Waals surface area (Å²) in [5.74, 6) is -0.116. The number of hydrogen-bond acceptors (Lipinski definition) is 3. The van der Waals surface area contributed by atoms with Crippen molar-refractivity contribution in [3.05, 3.63) is 29.8 Å². The van der Waals surface area contributed by atoms with E-state index < -0.39 is 0 Å². The predicted octanol–water partition coefficient (Wildman–Crippen LogP) is 1.51. The Morgan fingerprint density at radius 3 is 2.82 bits per heavy atom. The summed E-state index contributed by atoms with van der Waals surface area (Å²) in [6.45, 7) is 3.47. The monoisotopic (exact) mass is 236 g/mol. The molecule has 0 aliphatic heterocycles. The molecule has 0 unspecified atom stereocenters. The second-order valence-corrected chi connectivity index (χ2v) is 4.27. The van der Waals surface area contributed by atoms with E-state index in [0.29, 0.717) is 6.61 Å². The van der Waals surface area contributed by atoms with Crippen molar-refractivity contribution < 1.29 is 9.53 Å². The van der Waals surface area contributed by atoms with Gasteiger partial charge in [-0.3, -0.25) is 4.79 Å². The molecule has 0 saturated carbocycles. The molecule has 0 fully saturated rings. The Bertz CT molecular complexity index is 364. The van der Waals surface area contributed by atoms with Crippen LogP contribution in [0.4, 0.5) is 5.69 Å². The fourth-order valence-corrected chi connectivity index (χ4v) is 1.33. The van der Waals surface area contributed by atoms with E-state index in [2.05, 4.69) is 5.32 Å². The van der Waals surface area contributed by atoms with Gasteiger partial charge in [-0.2, -0.15) is 0 Å². The maximum absolute atomic E-state index is 11.5. The van der Waals surface area contributed by atoms with Gasteiger partial charge in [-0.1, -0.05) is 12.1 Å². The van der Waals surface area contributed by atoms with E-state index in [4.69, 9.17) is 4.74 Å². The first-order valence-corrected chi connectivity index (χ1v) is 5.67. The number of ether oxygens (including phenoxy) is 1. The van der Waals surface area contributed by atoms with E-state index in [1.807, 2.05) is 50.2 Å². The summed E-state index contributed by atoms with van der Waals surface area (Å²) in [4.78, 5) is 13.5. The normalized spacial score (nSPS) is 10.6. The Hall–Kier alpha value is -1.39. The van der Waals surface area contributed by atoms with Gasteiger partial charge in [-0.15, -0.1) is 0 Å². The topological polar surface area (TPSA) is 41.6 Å². The van der Waals surface area contributed by atoms with Crippen molar-refractivity contribution in [3.63, 3.8) is 0 Å². The number of rotatable bonds is 6. The highest BCUT2D eigenvalue weighted by molar-refractivity contribution is 5.91. The minimum absolute atomic E-state index is 0.0990. The number of likely N-dealkylation sites (N-methyl/N-ethyl adjacent to an activating group) is 1. The van der Waals surface area contributed by atoms with E-state index in [-0.39, 0.29) is 12.5 Å². The van der Waals surface area contributed by atoms with Gasteiger partial charge in [-0.05, 0) is 38.7 Å². The SMILES string of the molecule is Cc1cccc(NC(=O)COCCN(C)C)c1. The summed E-state index contributed by atoms with van der Waals surface area (Å²) in [6, 6.07) is 7.70. The van der Waals surface area contributed by atoms with Crippen LogP contribution in [0.15, 0.2) is 24.3 Å². The van der Waals surface area contributed by atoms with Crippen LogP contribution in [0.5, 0.6) is 0 Å². The van der Waals surface area contributed by atoms with Crippen LogP contribution in [0.2, 0.25) is 0 Å². The summed E-state index contributed by atoms with van der Waals surface area (Å²) in [5, 5.41) is 2.79. The lowest BCUT2D eigenvalue weighted by atomic mass is 10.2. The van der Waals surface area contributed by atoms with Crippen LogP contribution in [0.25, 0.3) is 0 Å². The van der Waals surface area contributed by atoms with Crippen LogP contribution in [-0.4, -0.2) is 44.7 Å². The molecule has 1 N–H and O–H groups in total. The maximum atomic E-state index is 11.5. The van der Waals surface area contributed by atoms with E-state index in [0.717, 1.165) is 17.8 Å². The van der Waals surface area contributed by atoms with E-state index in [1.165, 1.54) is 0 Å². The fraction of sp³-hybridized carbons (Fsp3) is 0.462. The van der Waals surface area contributed by atoms with Crippen molar-refractivity contribution in [1.82, 2.24) is 4.90 Å². The molecule has 17 heavy (non-hydrogen) atoms. The average Bonchev–Trinajstić information content (AvgIpc) is 2.24. The zero-order valence-electron chi connectivity index (χ0n) is 10.7. The number of carbonyl (C=O) groups is 1. The third kappa shape index (κ3) is 6.04. The lowest BCUT2D eigenvalue weighted by molar-refractivity contribution is -0.120. The molecular weight excluding hydrogens is 216 g/mol. The third-order valence-corrected chi connectivity index (χ3v) is 2.22. The highest BCUT2D eigenvalue weighted by Gasteiger charge is 2.02. The average molecular weight is 236 g/mol. The molecule has 0 aliphatic carbocycles. The van der Waals surface area contributed by atoms with Gasteiger partial charge in [-0.25, -0.2) is 0 Å². The highest BCUT2D eigenvalue weighted by Crippen LogP contribution is 2.08. The van der Waals surface area contributed by atoms with E-state index >= 15 is 0 Å². The molecule has 0 heterocycles. The van der Waals surface area contributed by atoms with Crippen LogP contribution in [-0.2, 0) is 9.53 Å². The summed E-state index contributed by atoms with van der Waals surface area (Å²) < 4.78 is 5.25. The number of hydrogen-bond donors (Lipinski definition) is 1. The molecule has 4 nitrogen and oxygen atoms in total. The quantitative estimate of drug-likeness (QED) is 0.761. The van der Waals surface area contributed by atoms with Crippen LogP contribution in [0.3, 0.4) is 0 Å². The van der Waals surface area contributed by atoms with Crippen molar-refractivity contribution in [3.8, 4) is 0 Å². The largest absolute Gasteiger partial charge is 0.370 e. The smallest absolute Gasteiger partial charge is 0.250 e. The number of nitrogens with one attached hydrogen (secondary N) is 1. The van der Waals surface area contributed by atoms with Gasteiger partial charge in [0.05, 0.1) is 6.61 Å². The molecule has 4 heteroatoms. The van der Waals surface area contributed by atoms with E-state index in [1.54, 1.807) is 0 Å². The molecule has 0 radical (unpaired) electrons. The van der Waals surface area contributed by atoms with Crippen molar-refractivity contribution >= 4 is 11.6 Å². The molecule has 0 atom stereocenters. The minimum atomic E-state index is -0.116. The summed E-state index contributed by atoms with van der Waals surface area (Å²) in [6.07, 6.45) is 0. The second kappa shape index (κ2) is 7.04. The predicted molar refractivity (Wildman–Crippen MR) is 69.2 cm³/mol. The molecule has 0 aromatic heterocycles. The van der Waals surface area contributed by atoms with Gasteiger partial charge in [0.1, 0.15) is 6.61 Å². The molecule has 0 saturated heterocycles. The van der Waals surface area contributed by atoms with Crippen LogP contribution in [0, 0.1) is 6.92 Å². The number of amides is 1. The molecule has 1 aromatic carbocycles. The van der Waals surface area contributed by atoms with Gasteiger partial charge < -0.3 is 15.0 Å². The van der Waals surface area contributed by atoms with Gasteiger partial charge in [0.2, 0.25) is 5.91 Å². The Morgan fingerprint density at radius 1 is 1.41 bits per heavy atom. The zero-order valence-corrected chi connectivity index (χ0v) is 10.7. The Kier molecular flexibility index (Phi) is 5.66. The lowest BCUT2D eigenvalue weighted by Gasteiger charge is -2.10. The Morgan fingerprint density at radius 2 is 2.18 bits per heavy atom. The Labute approximate surface area is 103 Å². The number of nitrogens with zero attached hydrogens (tertiary/aromatic N) is 1. The number of benzene rings is 1. The molecule has 94 valence electrons. The summed E-state index contributed by atoms with van der Waals surface area (Å²) in [5.41, 5.74) is 1.93. The van der Waals surface area contributed by atoms with Crippen LogP contribution < -0.4 is 5.32 Å². The zero-order chi connectivity index (χ0) is 12.7. The minimum Gasteiger partial charge on any atom is -0.370 e. The second-order valence-electron chi connectivity index (χ2n) is 4.27. The van der Waals surface area contributed by atoms with Gasteiger partial charge in [0.25, 0.3) is 0 Å². The Balaban J connectivity index is 2.25. The molecule has 0 aliphatic rings. The van der Waals surface area contributed by atoms with Crippen LogP contribution in [0.1, 0.15) is 5.56 Å². The molecule has 1 rings (SSSR count). The number of anilines is 1. The van der Waals surface area contributed by atoms with Gasteiger partial charge in [0.15, 0.2) is 0 Å². The maximum Gasteiger partial charge on any atom is 0.250 e. The third-order valence-electron chi connectivity index (χ3n) is 2.22. The van der Waals surface area contributed by atoms with Crippen LogP contribution >= 0.6 is 0 Å².